The predicted octanol–water partition coefficient (Wildman–Crippen LogP) is 6.29. The smallest absolute Gasteiger partial charge is 0.416 e. The summed E-state index contributed by atoms with van der Waals surface area (Å²) in [6.45, 7) is 3.88. The molecule has 0 radical (unpaired) electrons. The second-order valence-corrected chi connectivity index (χ2v) is 8.75. The lowest BCUT2D eigenvalue weighted by atomic mass is 9.94. The number of hydrogen-bond acceptors (Lipinski definition) is 4. The number of carbonyl (C=O) groups is 3. The summed E-state index contributed by atoms with van der Waals surface area (Å²) < 4.78 is 84.1. The van der Waals surface area contributed by atoms with Crippen LogP contribution in [0.15, 0.2) is 53.7 Å². The number of urea groups is 1. The van der Waals surface area contributed by atoms with Crippen LogP contribution in [-0.2, 0) is 21.9 Å². The van der Waals surface area contributed by atoms with E-state index in [2.05, 4.69) is 10.6 Å². The van der Waals surface area contributed by atoms with Crippen molar-refractivity contribution in [2.75, 3.05) is 19.0 Å². The fourth-order valence-corrected chi connectivity index (χ4v) is 4.08. The molecule has 0 saturated carbocycles. The molecule has 1 aliphatic heterocycles. The molecule has 2 aromatic rings. The number of amides is 3. The van der Waals surface area contributed by atoms with Crippen molar-refractivity contribution in [3.05, 3.63) is 76.0 Å². The Morgan fingerprint density at radius 2 is 1.64 bits per heavy atom. The van der Waals surface area contributed by atoms with E-state index >= 15 is 0 Å². The van der Waals surface area contributed by atoms with Gasteiger partial charge in [-0.3, -0.25) is 9.69 Å². The lowest BCUT2D eigenvalue weighted by molar-refractivity contribution is -0.143. The van der Waals surface area contributed by atoms with Crippen LogP contribution in [0.3, 0.4) is 0 Å². The highest BCUT2D eigenvalue weighted by molar-refractivity contribution is 6.04. The number of benzene rings is 2. The first-order valence-electron chi connectivity index (χ1n) is 11.7. The van der Waals surface area contributed by atoms with Gasteiger partial charge < -0.3 is 15.4 Å². The number of hydrogen-bond donors (Lipinski definition) is 2. The van der Waals surface area contributed by atoms with Crippen molar-refractivity contribution in [2.24, 2.45) is 0 Å². The summed E-state index contributed by atoms with van der Waals surface area (Å²) in [4.78, 5) is 39.6. The zero-order chi connectivity index (χ0) is 29.1. The van der Waals surface area contributed by atoms with Gasteiger partial charge in [-0.15, -0.1) is 0 Å². The molecule has 0 aliphatic carbocycles. The average Bonchev–Trinajstić information content (AvgIpc) is 2.86. The van der Waals surface area contributed by atoms with Crippen molar-refractivity contribution in [1.29, 1.82) is 0 Å². The van der Waals surface area contributed by atoms with Crippen molar-refractivity contribution >= 4 is 23.6 Å². The summed E-state index contributed by atoms with van der Waals surface area (Å²) in [5, 5.41) is 5.00. The van der Waals surface area contributed by atoms with E-state index in [0.29, 0.717) is 36.4 Å². The van der Waals surface area contributed by atoms with Gasteiger partial charge in [0.15, 0.2) is 0 Å². The molecule has 0 bridgehead atoms. The van der Waals surface area contributed by atoms with Crippen molar-refractivity contribution in [2.45, 2.75) is 45.1 Å². The number of nitrogens with one attached hydrogen (secondary N) is 2. The van der Waals surface area contributed by atoms with Gasteiger partial charge in [-0.25, -0.2) is 9.59 Å². The Labute approximate surface area is 219 Å². The van der Waals surface area contributed by atoms with Crippen LogP contribution in [0.1, 0.15) is 59.8 Å². The van der Waals surface area contributed by atoms with Gasteiger partial charge in [-0.1, -0.05) is 25.5 Å². The van der Waals surface area contributed by atoms with E-state index in [0.717, 1.165) is 6.42 Å². The number of allylic oxidation sites excluding steroid dienone is 1. The Hall–Kier alpha value is -4.03. The number of unbranched alkanes of at least 4 members (excludes halogenated alkanes) is 1. The molecular formula is C26H25F6N3O4. The van der Waals surface area contributed by atoms with E-state index in [1.54, 1.807) is 6.92 Å². The summed E-state index contributed by atoms with van der Waals surface area (Å²) >= 11 is 0. The molecule has 1 aliphatic rings. The third-order valence-corrected chi connectivity index (χ3v) is 6.06. The fourth-order valence-electron chi connectivity index (χ4n) is 4.08. The molecule has 0 saturated heterocycles. The Morgan fingerprint density at radius 3 is 2.18 bits per heavy atom. The van der Waals surface area contributed by atoms with Gasteiger partial charge in [0.05, 0.1) is 29.9 Å². The maximum Gasteiger partial charge on any atom is 0.416 e. The van der Waals surface area contributed by atoms with E-state index in [1.165, 1.54) is 36.3 Å². The van der Waals surface area contributed by atoms with Gasteiger partial charge >= 0.3 is 24.4 Å². The van der Waals surface area contributed by atoms with Crippen LogP contribution in [0, 0.1) is 0 Å². The number of rotatable bonds is 7. The summed E-state index contributed by atoms with van der Waals surface area (Å²) in [6, 6.07) is 4.77. The lowest BCUT2D eigenvalue weighted by Crippen LogP contribution is -2.48. The van der Waals surface area contributed by atoms with Crippen LogP contribution in [0.2, 0.25) is 0 Å². The van der Waals surface area contributed by atoms with Gasteiger partial charge in [-0.2, -0.15) is 26.3 Å². The number of anilines is 1. The highest BCUT2D eigenvalue weighted by atomic mass is 19.4. The number of carbonyl (C=O) groups excluding carboxylic acids is 3. The van der Waals surface area contributed by atoms with Crippen LogP contribution in [0.4, 0.5) is 36.8 Å². The minimum Gasteiger partial charge on any atom is -0.466 e. The Balaban J connectivity index is 1.97. The first-order chi connectivity index (χ1) is 18.2. The van der Waals surface area contributed by atoms with Crippen molar-refractivity contribution < 1.29 is 45.5 Å². The quantitative estimate of drug-likeness (QED) is 0.310. The zero-order valence-corrected chi connectivity index (χ0v) is 21.1. The predicted molar refractivity (Wildman–Crippen MR) is 128 cm³/mol. The van der Waals surface area contributed by atoms with Crippen LogP contribution < -0.4 is 10.6 Å². The Morgan fingerprint density at radius 1 is 1.03 bits per heavy atom. The molecule has 1 atom stereocenters. The molecule has 2 N–H and O–H groups in total. The summed E-state index contributed by atoms with van der Waals surface area (Å²) in [6.07, 6.45) is -8.76. The molecule has 3 amide bonds. The zero-order valence-electron chi connectivity index (χ0n) is 21.1. The number of ether oxygens (including phenoxy) is 1. The van der Waals surface area contributed by atoms with Crippen LogP contribution in [0.5, 0.6) is 0 Å². The van der Waals surface area contributed by atoms with Crippen molar-refractivity contribution in [1.82, 2.24) is 10.2 Å². The maximum atomic E-state index is 13.2. The number of esters is 1. The molecule has 13 heteroatoms. The number of alkyl halides is 6. The van der Waals surface area contributed by atoms with Gasteiger partial charge in [0.25, 0.3) is 5.91 Å². The molecule has 1 heterocycles. The molecule has 7 nitrogen and oxygen atoms in total. The summed E-state index contributed by atoms with van der Waals surface area (Å²) in [5.41, 5.74) is -3.30. The van der Waals surface area contributed by atoms with Gasteiger partial charge in [-0.05, 0) is 49.2 Å². The maximum absolute atomic E-state index is 13.2. The van der Waals surface area contributed by atoms with Gasteiger partial charge in [0.2, 0.25) is 0 Å². The molecule has 0 spiro atoms. The highest BCUT2D eigenvalue weighted by Gasteiger charge is 2.38. The number of halogens is 6. The average molecular weight is 557 g/mol. The standard InChI is InChI=1S/C26H25F6N3O4/c1-4-5-9-35-14(2)20(23(37)39-3)21(34-24(35)38)15-7-6-8-19(12-15)33-22(36)16-10-17(25(27,28)29)13-18(11-16)26(30,31)32/h6-8,10-13,21H,4-5,9H2,1-3H3,(H,33,36)(H,34,38)/t21-/m0/s1. The second-order valence-electron chi connectivity index (χ2n) is 8.75. The topological polar surface area (TPSA) is 87.7 Å². The molecule has 2 aromatic carbocycles. The Kier molecular flexibility index (Phi) is 8.61. The molecule has 0 fully saturated rings. The van der Waals surface area contributed by atoms with Crippen LogP contribution >= 0.6 is 0 Å². The minimum atomic E-state index is -5.12. The SMILES string of the molecule is CCCCN1C(=O)N[C@@H](c2cccc(NC(=O)c3cc(C(F)(F)F)cc(C(F)(F)F)c3)c2)C(C(=O)OC)=C1C. The van der Waals surface area contributed by atoms with E-state index in [-0.39, 0.29) is 17.3 Å². The molecule has 0 aromatic heterocycles. The Bertz CT molecular complexity index is 1270. The molecule has 0 unspecified atom stereocenters. The normalized spacial score (nSPS) is 16.2. The van der Waals surface area contributed by atoms with Crippen LogP contribution in [-0.4, -0.2) is 36.5 Å². The van der Waals surface area contributed by atoms with Gasteiger partial charge in [0.1, 0.15) is 0 Å². The fraction of sp³-hybridized carbons (Fsp3) is 0.346. The van der Waals surface area contributed by atoms with E-state index < -0.39 is 53.0 Å². The van der Waals surface area contributed by atoms with Crippen molar-refractivity contribution in [3.63, 3.8) is 0 Å². The molecular weight excluding hydrogens is 532 g/mol. The largest absolute Gasteiger partial charge is 0.466 e. The minimum absolute atomic E-state index is 0.00741. The number of methoxy groups -OCH3 is 1. The van der Waals surface area contributed by atoms with E-state index in [1.807, 2.05) is 6.92 Å². The van der Waals surface area contributed by atoms with E-state index in [9.17, 15) is 40.7 Å². The molecule has 39 heavy (non-hydrogen) atoms. The number of nitrogens with zero attached hydrogens (tertiary/aromatic N) is 1. The summed E-state index contributed by atoms with van der Waals surface area (Å²) in [5.74, 6) is -1.93. The first kappa shape index (κ1) is 29.5. The second kappa shape index (κ2) is 11.4. The van der Waals surface area contributed by atoms with Gasteiger partial charge in [0, 0.05) is 23.5 Å². The molecule has 210 valence electrons. The third-order valence-electron chi connectivity index (χ3n) is 6.06. The van der Waals surface area contributed by atoms with E-state index in [4.69, 9.17) is 4.74 Å². The van der Waals surface area contributed by atoms with Crippen LogP contribution in [0.25, 0.3) is 0 Å². The molecule has 3 rings (SSSR count). The lowest BCUT2D eigenvalue weighted by Gasteiger charge is -2.35. The summed E-state index contributed by atoms with van der Waals surface area (Å²) in [7, 11) is 1.17. The first-order valence-corrected chi connectivity index (χ1v) is 11.7. The monoisotopic (exact) mass is 557 g/mol. The van der Waals surface area contributed by atoms with Crippen molar-refractivity contribution in [3.8, 4) is 0 Å². The highest BCUT2D eigenvalue weighted by Crippen LogP contribution is 2.37. The third kappa shape index (κ3) is 6.70.